The number of carbonyl (C=O) groups is 1. The van der Waals surface area contributed by atoms with Crippen LogP contribution in [0.3, 0.4) is 0 Å². The molecule has 182 valence electrons. The summed E-state index contributed by atoms with van der Waals surface area (Å²) in [5, 5.41) is 0. The minimum Gasteiger partial charge on any atom is -0.464 e. The first kappa shape index (κ1) is 25.6. The van der Waals surface area contributed by atoms with E-state index < -0.39 is 11.6 Å². The van der Waals surface area contributed by atoms with Gasteiger partial charge in [-0.05, 0) is 56.1 Å². The van der Waals surface area contributed by atoms with Gasteiger partial charge in [-0.25, -0.2) is 8.78 Å². The Hall–Kier alpha value is -2.99. The molecule has 1 aromatic heterocycles. The lowest BCUT2D eigenvalue weighted by atomic mass is 10.1. The Morgan fingerprint density at radius 3 is 2.26 bits per heavy atom. The maximum absolute atomic E-state index is 14.3. The van der Waals surface area contributed by atoms with Crippen molar-refractivity contribution in [2.45, 2.75) is 52.6 Å². The van der Waals surface area contributed by atoms with E-state index in [9.17, 15) is 13.6 Å². The highest BCUT2D eigenvalue weighted by Crippen LogP contribution is 2.17. The van der Waals surface area contributed by atoms with Crippen molar-refractivity contribution in [3.05, 3.63) is 94.9 Å². The molecule has 3 aromatic rings. The summed E-state index contributed by atoms with van der Waals surface area (Å²) in [6.07, 6.45) is 3.59. The van der Waals surface area contributed by atoms with Gasteiger partial charge in [0.15, 0.2) is 0 Å². The van der Waals surface area contributed by atoms with Crippen molar-refractivity contribution in [2.24, 2.45) is 0 Å². The first-order valence-electron chi connectivity index (χ1n) is 12.0. The average Bonchev–Trinajstić information content (AvgIpc) is 3.24. The minimum absolute atomic E-state index is 0.00398. The van der Waals surface area contributed by atoms with Crippen molar-refractivity contribution in [3.63, 3.8) is 0 Å². The van der Waals surface area contributed by atoms with Gasteiger partial charge in [0.25, 0.3) is 0 Å². The summed E-state index contributed by atoms with van der Waals surface area (Å²) >= 11 is 0. The van der Waals surface area contributed by atoms with Crippen LogP contribution < -0.4 is 0 Å². The first-order chi connectivity index (χ1) is 16.5. The van der Waals surface area contributed by atoms with Crippen molar-refractivity contribution in [1.29, 1.82) is 0 Å². The monoisotopic (exact) mass is 468 g/mol. The van der Waals surface area contributed by atoms with Gasteiger partial charge in [0.2, 0.25) is 5.91 Å². The second-order valence-corrected chi connectivity index (χ2v) is 8.68. The molecule has 0 bridgehead atoms. The summed E-state index contributed by atoms with van der Waals surface area (Å²) in [7, 11) is 0. The first-order valence-corrected chi connectivity index (χ1v) is 12.0. The minimum atomic E-state index is -0.583. The van der Waals surface area contributed by atoms with Gasteiger partial charge in [-0.2, -0.15) is 0 Å². The highest BCUT2D eigenvalue weighted by atomic mass is 19.1. The van der Waals surface area contributed by atoms with Crippen molar-refractivity contribution < 1.29 is 18.0 Å². The van der Waals surface area contributed by atoms with E-state index in [0.29, 0.717) is 26.1 Å². The van der Waals surface area contributed by atoms with Crippen LogP contribution in [0.4, 0.5) is 8.78 Å². The molecule has 1 heterocycles. The van der Waals surface area contributed by atoms with Crippen LogP contribution in [0.15, 0.2) is 65.1 Å². The molecule has 0 spiro atoms. The summed E-state index contributed by atoms with van der Waals surface area (Å²) in [6.45, 7) is 5.60. The molecule has 0 aliphatic heterocycles. The second-order valence-electron chi connectivity index (χ2n) is 8.68. The summed E-state index contributed by atoms with van der Waals surface area (Å²) < 4.78 is 34.4. The van der Waals surface area contributed by atoms with E-state index in [-0.39, 0.29) is 24.6 Å². The molecule has 3 rings (SSSR count). The summed E-state index contributed by atoms with van der Waals surface area (Å²) in [4.78, 5) is 17.1. The van der Waals surface area contributed by atoms with Crippen LogP contribution in [0.2, 0.25) is 0 Å². The Labute approximate surface area is 201 Å². The topological polar surface area (TPSA) is 36.7 Å². The lowest BCUT2D eigenvalue weighted by Crippen LogP contribution is -2.41. The summed E-state index contributed by atoms with van der Waals surface area (Å²) in [5.74, 6) is 0.261. The molecule has 0 aliphatic rings. The molecular weight excluding hydrogens is 434 g/mol. The lowest BCUT2D eigenvalue weighted by Gasteiger charge is -2.27. The third kappa shape index (κ3) is 7.80. The normalized spacial score (nSPS) is 11.2. The zero-order valence-electron chi connectivity index (χ0n) is 20.1. The Balaban J connectivity index is 1.74. The zero-order valence-corrected chi connectivity index (χ0v) is 20.1. The number of rotatable bonds is 13. The third-order valence-electron chi connectivity index (χ3n) is 5.89. The molecule has 6 heteroatoms. The Kier molecular flexibility index (Phi) is 9.83. The van der Waals surface area contributed by atoms with Crippen LogP contribution >= 0.6 is 0 Å². The highest BCUT2D eigenvalue weighted by molar-refractivity contribution is 5.78. The molecule has 0 atom stereocenters. The number of benzene rings is 2. The fourth-order valence-electron chi connectivity index (χ4n) is 3.96. The molecule has 34 heavy (non-hydrogen) atoms. The molecule has 1 amide bonds. The van der Waals surface area contributed by atoms with Gasteiger partial charge in [0, 0.05) is 18.7 Å². The van der Waals surface area contributed by atoms with E-state index in [1.165, 1.54) is 18.2 Å². The van der Waals surface area contributed by atoms with E-state index in [1.807, 2.05) is 54.3 Å². The van der Waals surface area contributed by atoms with Crippen LogP contribution in [-0.2, 0) is 24.3 Å². The van der Waals surface area contributed by atoms with Gasteiger partial charge in [-0.3, -0.25) is 9.69 Å². The Morgan fingerprint density at radius 2 is 1.62 bits per heavy atom. The molecule has 0 radical (unpaired) electrons. The van der Waals surface area contributed by atoms with Crippen LogP contribution in [0, 0.1) is 18.6 Å². The Bertz CT molecular complexity index is 1020. The third-order valence-corrected chi connectivity index (χ3v) is 5.89. The van der Waals surface area contributed by atoms with Gasteiger partial charge < -0.3 is 9.32 Å². The predicted octanol–water partition coefficient (Wildman–Crippen LogP) is 6.13. The number of hydrogen-bond acceptors (Lipinski definition) is 3. The van der Waals surface area contributed by atoms with E-state index >= 15 is 0 Å². The lowest BCUT2D eigenvalue weighted by molar-refractivity contribution is -0.133. The van der Waals surface area contributed by atoms with Crippen LogP contribution in [0.5, 0.6) is 0 Å². The maximum atomic E-state index is 14.3. The van der Waals surface area contributed by atoms with Gasteiger partial charge in [0.1, 0.15) is 23.2 Å². The summed E-state index contributed by atoms with van der Waals surface area (Å²) in [6, 6.07) is 17.7. The van der Waals surface area contributed by atoms with Crippen LogP contribution in [-0.4, -0.2) is 35.3 Å². The van der Waals surface area contributed by atoms with Gasteiger partial charge >= 0.3 is 0 Å². The van der Waals surface area contributed by atoms with E-state index in [0.717, 1.165) is 36.3 Å². The van der Waals surface area contributed by atoms with Crippen LogP contribution in [0.25, 0.3) is 0 Å². The molecule has 2 aromatic carbocycles. The molecule has 0 saturated carbocycles. The van der Waals surface area contributed by atoms with Crippen molar-refractivity contribution in [3.8, 4) is 0 Å². The van der Waals surface area contributed by atoms with E-state index in [1.54, 1.807) is 4.90 Å². The molecular formula is C28H34F2N2O2. The standard InChI is InChI=1S/C28H34F2N2O2/c1-3-4-8-17-31(20-25-26(29)12-9-13-27(25)30)21-28(33)32(19-24-15-14-22(2)34-24)18-16-23-10-6-5-7-11-23/h5-7,9-15H,3-4,8,16-21H2,1-2H3. The van der Waals surface area contributed by atoms with Crippen molar-refractivity contribution in [2.75, 3.05) is 19.6 Å². The largest absolute Gasteiger partial charge is 0.464 e. The quantitative estimate of drug-likeness (QED) is 0.283. The SMILES string of the molecule is CCCCCN(CC(=O)N(CCc1ccccc1)Cc1ccc(C)o1)Cc1c(F)cccc1F. The number of amides is 1. The smallest absolute Gasteiger partial charge is 0.237 e. The van der Waals surface area contributed by atoms with Gasteiger partial charge in [-0.1, -0.05) is 56.2 Å². The number of carbonyl (C=O) groups excluding carboxylic acids is 1. The maximum Gasteiger partial charge on any atom is 0.237 e. The van der Waals surface area contributed by atoms with Crippen molar-refractivity contribution in [1.82, 2.24) is 9.80 Å². The molecule has 0 fully saturated rings. The summed E-state index contributed by atoms with van der Waals surface area (Å²) in [5.41, 5.74) is 1.15. The molecule has 0 saturated heterocycles. The molecule has 0 unspecified atom stereocenters. The number of hydrogen-bond donors (Lipinski definition) is 0. The molecule has 0 aliphatic carbocycles. The van der Waals surface area contributed by atoms with Gasteiger partial charge in [-0.15, -0.1) is 0 Å². The zero-order chi connectivity index (χ0) is 24.3. The molecule has 0 N–H and O–H groups in total. The van der Waals surface area contributed by atoms with Crippen LogP contribution in [0.1, 0.15) is 48.8 Å². The molecule has 4 nitrogen and oxygen atoms in total. The number of aryl methyl sites for hydroxylation is 1. The number of nitrogens with zero attached hydrogens (tertiary/aromatic N) is 2. The highest BCUT2D eigenvalue weighted by Gasteiger charge is 2.21. The number of halogens is 2. The predicted molar refractivity (Wildman–Crippen MR) is 130 cm³/mol. The van der Waals surface area contributed by atoms with Crippen molar-refractivity contribution >= 4 is 5.91 Å². The average molecular weight is 469 g/mol. The number of unbranched alkanes of at least 4 members (excludes halogenated alkanes) is 2. The van der Waals surface area contributed by atoms with E-state index in [4.69, 9.17) is 4.42 Å². The second kappa shape index (κ2) is 13.0. The fourth-order valence-corrected chi connectivity index (χ4v) is 3.96. The Morgan fingerprint density at radius 1 is 0.882 bits per heavy atom. The number of furan rings is 1. The van der Waals surface area contributed by atoms with Gasteiger partial charge in [0.05, 0.1) is 13.1 Å². The van der Waals surface area contributed by atoms with E-state index in [2.05, 4.69) is 6.92 Å². The fraction of sp³-hybridized carbons (Fsp3) is 0.393.